The summed E-state index contributed by atoms with van der Waals surface area (Å²) < 4.78 is 6.49. The number of carbonyl (C=O) groups is 1. The second-order valence-electron chi connectivity index (χ2n) is 5.60. The molecule has 0 aliphatic heterocycles. The molecule has 1 aliphatic carbocycles. The highest BCUT2D eigenvalue weighted by Crippen LogP contribution is 2.24. The molecule has 1 N–H and O–H groups in total. The summed E-state index contributed by atoms with van der Waals surface area (Å²) in [5.41, 5.74) is 1.17. The number of amides is 1. The third-order valence-corrected chi connectivity index (χ3v) is 3.94. The van der Waals surface area contributed by atoms with Crippen LogP contribution < -0.4 is 11.1 Å². The standard InChI is InChI=1S/C15H18N2O3/c1-10-6-7-11(8-10)16-14(18)9-17-12-4-2-3-5-13(12)20-15(17)19/h2-5,10-11H,6-9H2,1H3,(H,16,18). The highest BCUT2D eigenvalue weighted by atomic mass is 16.4. The van der Waals surface area contributed by atoms with Crippen LogP contribution in [0.1, 0.15) is 26.2 Å². The Balaban J connectivity index is 1.74. The van der Waals surface area contributed by atoms with Crippen LogP contribution in [0.3, 0.4) is 0 Å². The molecule has 1 aromatic carbocycles. The van der Waals surface area contributed by atoms with Crippen molar-refractivity contribution >= 4 is 17.0 Å². The highest BCUT2D eigenvalue weighted by Gasteiger charge is 2.23. The second-order valence-corrected chi connectivity index (χ2v) is 5.60. The second kappa shape index (κ2) is 5.15. The van der Waals surface area contributed by atoms with Crippen LogP contribution in [0.4, 0.5) is 0 Å². The molecule has 3 rings (SSSR count). The number of nitrogens with one attached hydrogen (secondary N) is 1. The largest absolute Gasteiger partial charge is 0.420 e. The lowest BCUT2D eigenvalue weighted by Gasteiger charge is -2.12. The molecule has 106 valence electrons. The molecule has 2 atom stereocenters. The molecule has 0 saturated heterocycles. The summed E-state index contributed by atoms with van der Waals surface area (Å²) in [4.78, 5) is 23.8. The number of carbonyl (C=O) groups excluding carboxylic acids is 1. The van der Waals surface area contributed by atoms with Crippen LogP contribution in [0.2, 0.25) is 0 Å². The van der Waals surface area contributed by atoms with Crippen LogP contribution >= 0.6 is 0 Å². The van der Waals surface area contributed by atoms with Gasteiger partial charge in [0.15, 0.2) is 5.58 Å². The summed E-state index contributed by atoms with van der Waals surface area (Å²) in [5, 5.41) is 3.00. The number of hydrogen-bond donors (Lipinski definition) is 1. The van der Waals surface area contributed by atoms with E-state index in [4.69, 9.17) is 4.42 Å². The number of hydrogen-bond acceptors (Lipinski definition) is 3. The lowest BCUT2D eigenvalue weighted by Crippen LogP contribution is -2.37. The summed E-state index contributed by atoms with van der Waals surface area (Å²) in [6, 6.07) is 7.38. The van der Waals surface area contributed by atoms with Crippen LogP contribution in [0.25, 0.3) is 11.1 Å². The van der Waals surface area contributed by atoms with Crippen molar-refractivity contribution in [3.63, 3.8) is 0 Å². The van der Waals surface area contributed by atoms with Gasteiger partial charge in [0.05, 0.1) is 5.52 Å². The first-order chi connectivity index (χ1) is 9.63. The molecule has 1 fully saturated rings. The van der Waals surface area contributed by atoms with Gasteiger partial charge in [-0.15, -0.1) is 0 Å². The van der Waals surface area contributed by atoms with Crippen molar-refractivity contribution in [1.29, 1.82) is 0 Å². The Morgan fingerprint density at radius 2 is 2.20 bits per heavy atom. The van der Waals surface area contributed by atoms with E-state index in [-0.39, 0.29) is 18.5 Å². The van der Waals surface area contributed by atoms with E-state index in [0.717, 1.165) is 19.3 Å². The van der Waals surface area contributed by atoms with Crippen LogP contribution in [0.15, 0.2) is 33.5 Å². The molecule has 1 heterocycles. The van der Waals surface area contributed by atoms with Crippen molar-refractivity contribution in [1.82, 2.24) is 9.88 Å². The fourth-order valence-electron chi connectivity index (χ4n) is 2.92. The predicted molar refractivity (Wildman–Crippen MR) is 75.4 cm³/mol. The fraction of sp³-hybridized carbons (Fsp3) is 0.467. The van der Waals surface area contributed by atoms with E-state index in [1.165, 1.54) is 4.57 Å². The van der Waals surface area contributed by atoms with Crippen LogP contribution in [0, 0.1) is 5.92 Å². The van der Waals surface area contributed by atoms with E-state index in [9.17, 15) is 9.59 Å². The van der Waals surface area contributed by atoms with Gasteiger partial charge in [0, 0.05) is 6.04 Å². The number of nitrogens with zero attached hydrogens (tertiary/aromatic N) is 1. The normalized spacial score (nSPS) is 22.2. The Labute approximate surface area is 116 Å². The van der Waals surface area contributed by atoms with Crippen molar-refractivity contribution in [3.05, 3.63) is 34.8 Å². The minimum atomic E-state index is -0.485. The van der Waals surface area contributed by atoms with Crippen molar-refractivity contribution in [2.24, 2.45) is 5.92 Å². The molecule has 0 spiro atoms. The van der Waals surface area contributed by atoms with Gasteiger partial charge in [-0.2, -0.15) is 0 Å². The van der Waals surface area contributed by atoms with E-state index in [1.54, 1.807) is 18.2 Å². The molecule has 5 heteroatoms. The van der Waals surface area contributed by atoms with E-state index in [0.29, 0.717) is 17.0 Å². The van der Waals surface area contributed by atoms with Crippen molar-refractivity contribution in [2.75, 3.05) is 0 Å². The van der Waals surface area contributed by atoms with Gasteiger partial charge in [0.25, 0.3) is 0 Å². The molecular weight excluding hydrogens is 256 g/mol. The van der Waals surface area contributed by atoms with Crippen LogP contribution in [-0.4, -0.2) is 16.5 Å². The van der Waals surface area contributed by atoms with Gasteiger partial charge in [0.2, 0.25) is 5.91 Å². The first-order valence-corrected chi connectivity index (χ1v) is 7.01. The monoisotopic (exact) mass is 274 g/mol. The Bertz CT molecular complexity index is 686. The molecule has 0 radical (unpaired) electrons. The highest BCUT2D eigenvalue weighted by molar-refractivity contribution is 5.79. The van der Waals surface area contributed by atoms with Crippen molar-refractivity contribution in [2.45, 2.75) is 38.8 Å². The van der Waals surface area contributed by atoms with E-state index in [1.807, 2.05) is 6.07 Å². The number of aromatic nitrogens is 1. The average Bonchev–Trinajstić information content (AvgIpc) is 2.94. The maximum absolute atomic E-state index is 12.1. The number of benzene rings is 1. The van der Waals surface area contributed by atoms with Gasteiger partial charge in [0.1, 0.15) is 6.54 Å². The zero-order valence-corrected chi connectivity index (χ0v) is 11.5. The molecule has 5 nitrogen and oxygen atoms in total. The first kappa shape index (κ1) is 13.0. The van der Waals surface area contributed by atoms with Gasteiger partial charge in [-0.25, -0.2) is 4.79 Å². The average molecular weight is 274 g/mol. The van der Waals surface area contributed by atoms with Crippen LogP contribution in [-0.2, 0) is 11.3 Å². The smallest absolute Gasteiger partial charge is 0.408 e. The maximum Gasteiger partial charge on any atom is 0.420 e. The summed E-state index contributed by atoms with van der Waals surface area (Å²) in [6.07, 6.45) is 3.19. The Morgan fingerprint density at radius 1 is 1.40 bits per heavy atom. The number of oxazole rings is 1. The van der Waals surface area contributed by atoms with E-state index in [2.05, 4.69) is 12.2 Å². The minimum Gasteiger partial charge on any atom is -0.408 e. The van der Waals surface area contributed by atoms with Gasteiger partial charge in [-0.1, -0.05) is 19.1 Å². The van der Waals surface area contributed by atoms with Gasteiger partial charge < -0.3 is 9.73 Å². The molecule has 2 unspecified atom stereocenters. The van der Waals surface area contributed by atoms with Gasteiger partial charge >= 0.3 is 5.76 Å². The molecule has 0 bridgehead atoms. The van der Waals surface area contributed by atoms with Crippen molar-refractivity contribution in [3.8, 4) is 0 Å². The summed E-state index contributed by atoms with van der Waals surface area (Å²) >= 11 is 0. The summed E-state index contributed by atoms with van der Waals surface area (Å²) in [6.45, 7) is 2.21. The third kappa shape index (κ3) is 2.48. The maximum atomic E-state index is 12.1. The van der Waals surface area contributed by atoms with E-state index >= 15 is 0 Å². The van der Waals surface area contributed by atoms with Gasteiger partial charge in [-0.3, -0.25) is 9.36 Å². The quantitative estimate of drug-likeness (QED) is 0.929. The molecule has 1 amide bonds. The Morgan fingerprint density at radius 3 is 2.95 bits per heavy atom. The zero-order chi connectivity index (χ0) is 14.1. The molecular formula is C15H18N2O3. The molecule has 1 aromatic heterocycles. The first-order valence-electron chi connectivity index (χ1n) is 7.01. The lowest BCUT2D eigenvalue weighted by molar-refractivity contribution is -0.122. The third-order valence-electron chi connectivity index (χ3n) is 3.94. The molecule has 1 aliphatic rings. The molecule has 20 heavy (non-hydrogen) atoms. The minimum absolute atomic E-state index is 0.0146. The summed E-state index contributed by atoms with van der Waals surface area (Å²) in [5.74, 6) is 0.0525. The van der Waals surface area contributed by atoms with Gasteiger partial charge in [-0.05, 0) is 37.3 Å². The van der Waals surface area contributed by atoms with Crippen molar-refractivity contribution < 1.29 is 9.21 Å². The fourth-order valence-corrected chi connectivity index (χ4v) is 2.92. The topological polar surface area (TPSA) is 64.2 Å². The SMILES string of the molecule is CC1CCC(NC(=O)Cn2c(=O)oc3ccccc32)C1. The van der Waals surface area contributed by atoms with Crippen LogP contribution in [0.5, 0.6) is 0 Å². The number of fused-ring (bicyclic) bond motifs is 1. The Hall–Kier alpha value is -2.04. The summed E-state index contributed by atoms with van der Waals surface area (Å²) in [7, 11) is 0. The lowest BCUT2D eigenvalue weighted by atomic mass is 10.1. The number of rotatable bonds is 3. The van der Waals surface area contributed by atoms with E-state index < -0.39 is 5.76 Å². The molecule has 1 saturated carbocycles. The Kier molecular flexibility index (Phi) is 3.34. The predicted octanol–water partition coefficient (Wildman–Crippen LogP) is 1.90. The number of para-hydroxylation sites is 2. The zero-order valence-electron chi connectivity index (χ0n) is 11.5. The molecule has 2 aromatic rings.